The SMILES string of the molecule is CC(NC(=O)Nc1cccc(Br)c1)(C(=O)O)C1CC1. The van der Waals surface area contributed by atoms with Crippen LogP contribution >= 0.6 is 15.9 Å². The second kappa shape index (κ2) is 5.21. The highest BCUT2D eigenvalue weighted by atomic mass is 79.9. The molecule has 6 heteroatoms. The molecule has 0 aromatic heterocycles. The Bertz CT molecular complexity index is 516. The van der Waals surface area contributed by atoms with Gasteiger partial charge in [-0.2, -0.15) is 0 Å². The number of benzene rings is 1. The molecule has 2 amide bonds. The maximum absolute atomic E-state index is 11.9. The van der Waals surface area contributed by atoms with Crippen molar-refractivity contribution < 1.29 is 14.7 Å². The largest absolute Gasteiger partial charge is 0.480 e. The van der Waals surface area contributed by atoms with Gasteiger partial charge in [-0.3, -0.25) is 0 Å². The van der Waals surface area contributed by atoms with Crippen LogP contribution in [-0.4, -0.2) is 22.6 Å². The molecular formula is C13H15BrN2O3. The van der Waals surface area contributed by atoms with Gasteiger partial charge in [0, 0.05) is 10.2 Å². The van der Waals surface area contributed by atoms with Crippen molar-refractivity contribution in [2.45, 2.75) is 25.3 Å². The second-order valence-corrected chi connectivity index (χ2v) is 5.79. The van der Waals surface area contributed by atoms with Gasteiger partial charge in [-0.05, 0) is 43.9 Å². The average molecular weight is 327 g/mol. The van der Waals surface area contributed by atoms with Crippen LogP contribution in [0.2, 0.25) is 0 Å². The van der Waals surface area contributed by atoms with E-state index in [-0.39, 0.29) is 5.92 Å². The van der Waals surface area contributed by atoms with E-state index in [1.165, 1.54) is 0 Å². The Morgan fingerprint density at radius 2 is 2.11 bits per heavy atom. The molecule has 0 spiro atoms. The molecule has 2 rings (SSSR count). The molecule has 102 valence electrons. The number of aliphatic carboxylic acids is 1. The summed E-state index contributed by atoms with van der Waals surface area (Å²) in [4.78, 5) is 23.2. The highest BCUT2D eigenvalue weighted by molar-refractivity contribution is 9.10. The molecule has 5 nitrogen and oxygen atoms in total. The number of halogens is 1. The van der Waals surface area contributed by atoms with Crippen molar-refractivity contribution in [3.8, 4) is 0 Å². The molecule has 0 aliphatic heterocycles. The molecular weight excluding hydrogens is 312 g/mol. The van der Waals surface area contributed by atoms with E-state index >= 15 is 0 Å². The smallest absolute Gasteiger partial charge is 0.329 e. The summed E-state index contributed by atoms with van der Waals surface area (Å²) in [5.41, 5.74) is -0.591. The number of nitrogens with one attached hydrogen (secondary N) is 2. The third-order valence-electron chi connectivity index (χ3n) is 3.29. The third kappa shape index (κ3) is 3.26. The normalized spacial score (nSPS) is 17.4. The first kappa shape index (κ1) is 13.9. The molecule has 1 aliphatic carbocycles. The molecule has 19 heavy (non-hydrogen) atoms. The molecule has 1 unspecified atom stereocenters. The van der Waals surface area contributed by atoms with Crippen LogP contribution in [0.25, 0.3) is 0 Å². The Labute approximate surface area is 119 Å². The zero-order valence-corrected chi connectivity index (χ0v) is 12.0. The van der Waals surface area contributed by atoms with E-state index in [0.717, 1.165) is 17.3 Å². The first-order chi connectivity index (χ1) is 8.91. The Morgan fingerprint density at radius 3 is 2.63 bits per heavy atom. The summed E-state index contributed by atoms with van der Waals surface area (Å²) >= 11 is 3.30. The summed E-state index contributed by atoms with van der Waals surface area (Å²) < 4.78 is 0.841. The molecule has 1 fully saturated rings. The van der Waals surface area contributed by atoms with E-state index in [1.807, 2.05) is 6.07 Å². The number of carboxylic acid groups (broad SMARTS) is 1. The van der Waals surface area contributed by atoms with Gasteiger partial charge in [0.15, 0.2) is 0 Å². The fourth-order valence-electron chi connectivity index (χ4n) is 1.96. The van der Waals surface area contributed by atoms with Crippen molar-refractivity contribution in [1.29, 1.82) is 0 Å². The first-order valence-corrected chi connectivity index (χ1v) is 6.79. The van der Waals surface area contributed by atoms with Gasteiger partial charge in [-0.1, -0.05) is 22.0 Å². The number of hydrogen-bond acceptors (Lipinski definition) is 2. The van der Waals surface area contributed by atoms with E-state index < -0.39 is 17.5 Å². The summed E-state index contributed by atoms with van der Waals surface area (Å²) in [6, 6.07) is 6.61. The van der Waals surface area contributed by atoms with Gasteiger partial charge in [0.2, 0.25) is 0 Å². The minimum atomic E-state index is -1.20. The second-order valence-electron chi connectivity index (χ2n) is 4.87. The van der Waals surface area contributed by atoms with E-state index in [0.29, 0.717) is 5.69 Å². The first-order valence-electron chi connectivity index (χ1n) is 6.00. The van der Waals surface area contributed by atoms with Gasteiger partial charge in [0.05, 0.1) is 0 Å². The van der Waals surface area contributed by atoms with Gasteiger partial charge < -0.3 is 15.7 Å². The summed E-state index contributed by atoms with van der Waals surface area (Å²) in [5.74, 6) is -0.988. The van der Waals surface area contributed by atoms with Crippen molar-refractivity contribution in [3.05, 3.63) is 28.7 Å². The number of anilines is 1. The minimum absolute atomic E-state index is 0.0123. The molecule has 0 heterocycles. The molecule has 3 N–H and O–H groups in total. The lowest BCUT2D eigenvalue weighted by Gasteiger charge is -2.26. The van der Waals surface area contributed by atoms with Gasteiger partial charge >= 0.3 is 12.0 Å². The molecule has 0 bridgehead atoms. The molecule has 1 aliphatic rings. The number of hydrogen-bond donors (Lipinski definition) is 3. The van der Waals surface area contributed by atoms with Crippen LogP contribution in [0.1, 0.15) is 19.8 Å². The molecule has 0 saturated heterocycles. The van der Waals surface area contributed by atoms with Gasteiger partial charge in [-0.15, -0.1) is 0 Å². The van der Waals surface area contributed by atoms with Crippen LogP contribution in [0.5, 0.6) is 0 Å². The minimum Gasteiger partial charge on any atom is -0.480 e. The summed E-state index contributed by atoms with van der Waals surface area (Å²) in [5, 5.41) is 14.4. The lowest BCUT2D eigenvalue weighted by molar-refractivity contribution is -0.144. The number of carbonyl (C=O) groups excluding carboxylic acids is 1. The van der Waals surface area contributed by atoms with Crippen LogP contribution in [0, 0.1) is 5.92 Å². The number of carbonyl (C=O) groups is 2. The topological polar surface area (TPSA) is 78.4 Å². The monoisotopic (exact) mass is 326 g/mol. The van der Waals surface area contributed by atoms with Crippen LogP contribution in [-0.2, 0) is 4.79 Å². The number of urea groups is 1. The van der Waals surface area contributed by atoms with E-state index in [2.05, 4.69) is 26.6 Å². The van der Waals surface area contributed by atoms with Gasteiger partial charge in [0.1, 0.15) is 5.54 Å². The molecule has 1 aromatic rings. The highest BCUT2D eigenvalue weighted by Gasteiger charge is 2.48. The summed E-state index contributed by atoms with van der Waals surface area (Å²) in [7, 11) is 0. The third-order valence-corrected chi connectivity index (χ3v) is 3.79. The fourth-order valence-corrected chi connectivity index (χ4v) is 2.35. The zero-order chi connectivity index (χ0) is 14.0. The van der Waals surface area contributed by atoms with Gasteiger partial charge in [-0.25, -0.2) is 9.59 Å². The molecule has 1 saturated carbocycles. The lowest BCUT2D eigenvalue weighted by Crippen LogP contribution is -2.55. The highest BCUT2D eigenvalue weighted by Crippen LogP contribution is 2.39. The molecule has 0 radical (unpaired) electrons. The summed E-state index contributed by atoms with van der Waals surface area (Å²) in [6.07, 6.45) is 1.67. The van der Waals surface area contributed by atoms with Crippen LogP contribution in [0.4, 0.5) is 10.5 Å². The number of rotatable bonds is 4. The Kier molecular flexibility index (Phi) is 3.80. The van der Waals surface area contributed by atoms with Crippen molar-refractivity contribution in [2.24, 2.45) is 5.92 Å². The maximum Gasteiger partial charge on any atom is 0.329 e. The van der Waals surface area contributed by atoms with Crippen LogP contribution in [0.3, 0.4) is 0 Å². The lowest BCUT2D eigenvalue weighted by atomic mass is 9.96. The quantitative estimate of drug-likeness (QED) is 0.796. The van der Waals surface area contributed by atoms with Gasteiger partial charge in [0.25, 0.3) is 0 Å². The van der Waals surface area contributed by atoms with E-state index in [1.54, 1.807) is 25.1 Å². The van der Waals surface area contributed by atoms with Crippen molar-refractivity contribution in [2.75, 3.05) is 5.32 Å². The average Bonchev–Trinajstić information content (AvgIpc) is 3.12. The Balaban J connectivity index is 2.02. The fraction of sp³-hybridized carbons (Fsp3) is 0.385. The summed E-state index contributed by atoms with van der Waals surface area (Å²) in [6.45, 7) is 1.55. The van der Waals surface area contributed by atoms with Crippen molar-refractivity contribution >= 4 is 33.6 Å². The standard InChI is InChI=1S/C13H15BrN2O3/c1-13(11(17)18,8-5-6-8)16-12(19)15-10-4-2-3-9(14)7-10/h2-4,7-8H,5-6H2,1H3,(H,17,18)(H2,15,16,19). The predicted molar refractivity (Wildman–Crippen MR) is 75.1 cm³/mol. The van der Waals surface area contributed by atoms with Crippen LogP contribution in [0.15, 0.2) is 28.7 Å². The Morgan fingerprint density at radius 1 is 1.42 bits per heavy atom. The number of amides is 2. The van der Waals surface area contributed by atoms with E-state index in [4.69, 9.17) is 0 Å². The molecule has 1 aromatic carbocycles. The number of carboxylic acids is 1. The Hall–Kier alpha value is -1.56. The van der Waals surface area contributed by atoms with E-state index in [9.17, 15) is 14.7 Å². The molecule has 1 atom stereocenters. The van der Waals surface area contributed by atoms with Crippen LogP contribution < -0.4 is 10.6 Å². The zero-order valence-electron chi connectivity index (χ0n) is 10.4. The van der Waals surface area contributed by atoms with Crippen molar-refractivity contribution in [3.63, 3.8) is 0 Å². The predicted octanol–water partition coefficient (Wildman–Crippen LogP) is 2.82. The van der Waals surface area contributed by atoms with Crippen molar-refractivity contribution in [1.82, 2.24) is 5.32 Å². The maximum atomic E-state index is 11.9.